The van der Waals surface area contributed by atoms with Crippen molar-refractivity contribution in [2.24, 2.45) is 0 Å². The molecule has 1 N–H and O–H groups in total. The zero-order chi connectivity index (χ0) is 12.8. The Labute approximate surface area is 111 Å². The van der Waals surface area contributed by atoms with Crippen molar-refractivity contribution in [2.45, 2.75) is 19.9 Å². The van der Waals surface area contributed by atoms with E-state index in [0.717, 1.165) is 36.2 Å². The van der Waals surface area contributed by atoms with Crippen molar-refractivity contribution in [3.8, 4) is 0 Å². The first-order valence-electron chi connectivity index (χ1n) is 5.94. The van der Waals surface area contributed by atoms with Crippen LogP contribution >= 0.6 is 11.3 Å². The van der Waals surface area contributed by atoms with Crippen LogP contribution in [0.3, 0.4) is 0 Å². The van der Waals surface area contributed by atoms with Crippen molar-refractivity contribution in [3.05, 3.63) is 28.5 Å². The number of imidazole rings is 1. The highest BCUT2D eigenvalue weighted by molar-refractivity contribution is 7.09. The summed E-state index contributed by atoms with van der Waals surface area (Å²) < 4.78 is 7.15. The Bertz CT molecular complexity index is 466. The highest BCUT2D eigenvalue weighted by Gasteiger charge is 2.05. The van der Waals surface area contributed by atoms with Gasteiger partial charge in [0.1, 0.15) is 0 Å². The van der Waals surface area contributed by atoms with Gasteiger partial charge in [0.25, 0.3) is 0 Å². The average Bonchev–Trinajstić information content (AvgIpc) is 2.97. The van der Waals surface area contributed by atoms with Crippen molar-refractivity contribution in [3.63, 3.8) is 0 Å². The smallest absolute Gasteiger partial charge is 0.203 e. The number of thiazole rings is 1. The van der Waals surface area contributed by atoms with Gasteiger partial charge >= 0.3 is 0 Å². The number of aromatic nitrogens is 3. The van der Waals surface area contributed by atoms with Gasteiger partial charge in [-0.25, -0.2) is 9.97 Å². The summed E-state index contributed by atoms with van der Waals surface area (Å²) in [6, 6.07) is 0. The monoisotopic (exact) mass is 266 g/mol. The maximum atomic E-state index is 5.02. The van der Waals surface area contributed by atoms with Gasteiger partial charge in [0, 0.05) is 44.4 Å². The SMILES string of the molecule is COCCNc1nc(C)cn1CCc1nccs1. The van der Waals surface area contributed by atoms with E-state index in [2.05, 4.69) is 26.0 Å². The molecule has 0 saturated heterocycles. The molecule has 0 atom stereocenters. The molecular weight excluding hydrogens is 248 g/mol. The minimum absolute atomic E-state index is 0.679. The molecule has 0 amide bonds. The van der Waals surface area contributed by atoms with E-state index in [-0.39, 0.29) is 0 Å². The lowest BCUT2D eigenvalue weighted by molar-refractivity contribution is 0.210. The Morgan fingerprint density at radius 3 is 3.11 bits per heavy atom. The quantitative estimate of drug-likeness (QED) is 0.778. The van der Waals surface area contributed by atoms with E-state index in [4.69, 9.17) is 4.74 Å². The second-order valence-electron chi connectivity index (χ2n) is 3.99. The maximum absolute atomic E-state index is 5.02. The standard InChI is InChI=1S/C12H18N4OS/c1-10-9-16(6-3-11-13-5-8-18-11)12(15-10)14-4-7-17-2/h5,8-9H,3-4,6-7H2,1-2H3,(H,14,15). The number of nitrogens with zero attached hydrogens (tertiary/aromatic N) is 3. The van der Waals surface area contributed by atoms with E-state index in [0.29, 0.717) is 6.61 Å². The second kappa shape index (κ2) is 6.51. The van der Waals surface area contributed by atoms with Crippen molar-refractivity contribution in [1.29, 1.82) is 0 Å². The van der Waals surface area contributed by atoms with Crippen LogP contribution in [-0.4, -0.2) is 34.8 Å². The molecule has 0 radical (unpaired) electrons. The summed E-state index contributed by atoms with van der Waals surface area (Å²) in [5, 5.41) is 6.44. The third kappa shape index (κ3) is 3.54. The molecule has 2 aromatic rings. The van der Waals surface area contributed by atoms with E-state index in [9.17, 15) is 0 Å². The molecule has 0 bridgehead atoms. The first kappa shape index (κ1) is 13.0. The molecule has 2 heterocycles. The van der Waals surface area contributed by atoms with Crippen molar-refractivity contribution >= 4 is 17.3 Å². The Hall–Kier alpha value is -1.40. The molecule has 5 nitrogen and oxygen atoms in total. The molecule has 0 aliphatic carbocycles. The Balaban J connectivity index is 1.93. The van der Waals surface area contributed by atoms with Crippen LogP contribution in [0.1, 0.15) is 10.7 Å². The third-order valence-corrected chi connectivity index (χ3v) is 3.38. The molecule has 0 aliphatic heterocycles. The van der Waals surface area contributed by atoms with Crippen LogP contribution in [0, 0.1) is 6.92 Å². The lowest BCUT2D eigenvalue weighted by Gasteiger charge is -2.08. The van der Waals surface area contributed by atoms with Gasteiger partial charge in [-0.3, -0.25) is 0 Å². The van der Waals surface area contributed by atoms with Crippen LogP contribution in [0.15, 0.2) is 17.8 Å². The molecular formula is C12H18N4OS. The Kier molecular flexibility index (Phi) is 4.72. The fourth-order valence-electron chi connectivity index (χ4n) is 1.72. The molecule has 6 heteroatoms. The molecule has 0 fully saturated rings. The highest BCUT2D eigenvalue weighted by Crippen LogP contribution is 2.11. The van der Waals surface area contributed by atoms with Gasteiger partial charge in [-0.15, -0.1) is 11.3 Å². The minimum atomic E-state index is 0.679. The summed E-state index contributed by atoms with van der Waals surface area (Å²) in [5.41, 5.74) is 1.02. The number of methoxy groups -OCH3 is 1. The minimum Gasteiger partial charge on any atom is -0.383 e. The van der Waals surface area contributed by atoms with Gasteiger partial charge in [0.05, 0.1) is 17.3 Å². The third-order valence-electron chi connectivity index (χ3n) is 2.54. The topological polar surface area (TPSA) is 52.0 Å². The van der Waals surface area contributed by atoms with Crippen LogP contribution in [0.4, 0.5) is 5.95 Å². The van der Waals surface area contributed by atoms with E-state index in [1.165, 1.54) is 0 Å². The molecule has 0 saturated carbocycles. The van der Waals surface area contributed by atoms with Gasteiger partial charge in [-0.2, -0.15) is 0 Å². The molecule has 2 rings (SSSR count). The fourth-order valence-corrected chi connectivity index (χ4v) is 2.33. The van der Waals surface area contributed by atoms with Crippen LogP contribution < -0.4 is 5.32 Å². The highest BCUT2D eigenvalue weighted by atomic mass is 32.1. The summed E-state index contributed by atoms with van der Waals surface area (Å²) >= 11 is 1.69. The maximum Gasteiger partial charge on any atom is 0.203 e. The number of rotatable bonds is 7. The molecule has 18 heavy (non-hydrogen) atoms. The Morgan fingerprint density at radius 2 is 2.39 bits per heavy atom. The van der Waals surface area contributed by atoms with Gasteiger partial charge in [-0.1, -0.05) is 0 Å². The zero-order valence-corrected chi connectivity index (χ0v) is 11.5. The summed E-state index contributed by atoms with van der Waals surface area (Å²) in [6.45, 7) is 4.34. The molecule has 2 aromatic heterocycles. The van der Waals surface area contributed by atoms with Gasteiger partial charge in [-0.05, 0) is 6.92 Å². The normalized spacial score (nSPS) is 10.8. The average molecular weight is 266 g/mol. The number of aryl methyl sites for hydroxylation is 3. The summed E-state index contributed by atoms with van der Waals surface area (Å²) in [5.74, 6) is 0.904. The predicted molar refractivity (Wildman–Crippen MR) is 73.1 cm³/mol. The molecule has 0 unspecified atom stereocenters. The fraction of sp³-hybridized carbons (Fsp3) is 0.500. The lowest BCUT2D eigenvalue weighted by Crippen LogP contribution is -2.13. The van der Waals surface area contributed by atoms with Gasteiger partial charge in [0.2, 0.25) is 5.95 Å². The lowest BCUT2D eigenvalue weighted by atomic mass is 10.4. The molecule has 0 spiro atoms. The number of hydrogen-bond acceptors (Lipinski definition) is 5. The first-order valence-corrected chi connectivity index (χ1v) is 6.82. The van der Waals surface area contributed by atoms with Crippen molar-refractivity contribution < 1.29 is 4.74 Å². The number of anilines is 1. The van der Waals surface area contributed by atoms with Gasteiger partial charge < -0.3 is 14.6 Å². The number of nitrogens with one attached hydrogen (secondary N) is 1. The molecule has 0 aromatic carbocycles. The van der Waals surface area contributed by atoms with E-state index >= 15 is 0 Å². The number of hydrogen-bond donors (Lipinski definition) is 1. The number of ether oxygens (including phenoxy) is 1. The van der Waals surface area contributed by atoms with E-state index in [1.54, 1.807) is 18.4 Å². The molecule has 98 valence electrons. The van der Waals surface area contributed by atoms with Crippen LogP contribution in [-0.2, 0) is 17.7 Å². The first-order chi connectivity index (χ1) is 8.79. The summed E-state index contributed by atoms with van der Waals surface area (Å²) in [4.78, 5) is 8.75. The zero-order valence-electron chi connectivity index (χ0n) is 10.7. The van der Waals surface area contributed by atoms with Crippen LogP contribution in [0.5, 0.6) is 0 Å². The van der Waals surface area contributed by atoms with Crippen LogP contribution in [0.25, 0.3) is 0 Å². The van der Waals surface area contributed by atoms with Crippen molar-refractivity contribution in [1.82, 2.24) is 14.5 Å². The Morgan fingerprint density at radius 1 is 1.50 bits per heavy atom. The van der Waals surface area contributed by atoms with Gasteiger partial charge in [0.15, 0.2) is 0 Å². The largest absolute Gasteiger partial charge is 0.383 e. The van der Waals surface area contributed by atoms with Crippen molar-refractivity contribution in [2.75, 3.05) is 25.6 Å². The van der Waals surface area contributed by atoms with E-state index < -0.39 is 0 Å². The molecule has 0 aliphatic rings. The second-order valence-corrected chi connectivity index (χ2v) is 4.97. The predicted octanol–water partition coefficient (Wildman–Crippen LogP) is 1.95. The summed E-state index contributed by atoms with van der Waals surface area (Å²) in [6.07, 6.45) is 4.84. The van der Waals surface area contributed by atoms with E-state index in [1.807, 2.05) is 18.5 Å². The summed E-state index contributed by atoms with van der Waals surface area (Å²) in [7, 11) is 1.70. The van der Waals surface area contributed by atoms with Crippen LogP contribution in [0.2, 0.25) is 0 Å².